The van der Waals surface area contributed by atoms with Crippen molar-refractivity contribution < 1.29 is 27.4 Å². The summed E-state index contributed by atoms with van der Waals surface area (Å²) >= 11 is 0. The molecule has 0 fully saturated rings. The van der Waals surface area contributed by atoms with Crippen molar-refractivity contribution in [3.05, 3.63) is 71.7 Å². The minimum Gasteiger partial charge on any atom is -0.489 e. The number of fused-ring (bicyclic) bond motifs is 2. The first-order chi connectivity index (χ1) is 14.7. The molecule has 0 bridgehead atoms. The fourth-order valence-electron chi connectivity index (χ4n) is 3.62. The first-order valence-electron chi connectivity index (χ1n) is 9.67. The number of hydrogen-bond acceptors (Lipinski definition) is 4. The molecule has 1 unspecified atom stereocenters. The normalized spacial score (nSPS) is 15.6. The number of aromatic nitrogens is 1. The summed E-state index contributed by atoms with van der Waals surface area (Å²) in [5.41, 5.74) is -0.845. The van der Waals surface area contributed by atoms with E-state index in [0.29, 0.717) is 16.6 Å². The summed E-state index contributed by atoms with van der Waals surface area (Å²) in [5, 5.41) is 14.1. The van der Waals surface area contributed by atoms with E-state index in [-0.39, 0.29) is 23.5 Å². The second kappa shape index (κ2) is 7.85. The highest BCUT2D eigenvalue weighted by molar-refractivity contribution is 5.91. The van der Waals surface area contributed by atoms with Gasteiger partial charge in [0.25, 0.3) is 0 Å². The zero-order valence-corrected chi connectivity index (χ0v) is 16.6. The predicted octanol–water partition coefficient (Wildman–Crippen LogP) is 5.25. The smallest absolute Gasteiger partial charge is 0.419 e. The molecule has 2 N–H and O–H groups in total. The Morgan fingerprint density at radius 1 is 1.13 bits per heavy atom. The zero-order chi connectivity index (χ0) is 22.2. The Bertz CT molecular complexity index is 1160. The molecule has 1 atom stereocenters. The lowest BCUT2D eigenvalue weighted by atomic mass is 9.88. The highest BCUT2D eigenvalue weighted by Gasteiger charge is 2.54. The van der Waals surface area contributed by atoms with Crippen LogP contribution in [0.25, 0.3) is 16.5 Å². The van der Waals surface area contributed by atoms with Crippen molar-refractivity contribution in [2.45, 2.75) is 25.1 Å². The van der Waals surface area contributed by atoms with Crippen molar-refractivity contribution in [3.8, 4) is 5.75 Å². The number of anilines is 1. The molecule has 3 aromatic rings. The van der Waals surface area contributed by atoms with Crippen LogP contribution < -0.4 is 10.1 Å². The van der Waals surface area contributed by atoms with Gasteiger partial charge in [0.1, 0.15) is 18.2 Å². The molecule has 0 spiro atoms. The summed E-state index contributed by atoms with van der Waals surface area (Å²) in [4.78, 5) is 4.37. The molecule has 0 saturated carbocycles. The van der Waals surface area contributed by atoms with Gasteiger partial charge in [0, 0.05) is 28.8 Å². The predicted molar refractivity (Wildman–Crippen MR) is 110 cm³/mol. The van der Waals surface area contributed by atoms with E-state index in [1.165, 1.54) is 18.2 Å². The van der Waals surface area contributed by atoms with Crippen LogP contribution in [0.4, 0.5) is 23.2 Å². The van der Waals surface area contributed by atoms with E-state index in [9.17, 15) is 22.7 Å². The van der Waals surface area contributed by atoms with Gasteiger partial charge in [-0.1, -0.05) is 6.07 Å². The Balaban J connectivity index is 1.63. The molecule has 2 aromatic carbocycles. The van der Waals surface area contributed by atoms with Crippen molar-refractivity contribution in [1.29, 1.82) is 0 Å². The van der Waals surface area contributed by atoms with Gasteiger partial charge in [0.05, 0.1) is 12.1 Å². The third-order valence-corrected chi connectivity index (χ3v) is 5.31. The van der Waals surface area contributed by atoms with Crippen LogP contribution in [-0.2, 0) is 0 Å². The number of rotatable bonds is 5. The SMILES string of the molecule is Cc1ccc2c(NCC(O)(CC3=CCOc4ccc(F)cc43)C(F)(F)F)cccc2n1. The van der Waals surface area contributed by atoms with Crippen LogP contribution in [0.3, 0.4) is 0 Å². The molecule has 0 amide bonds. The minimum atomic E-state index is -4.92. The number of benzene rings is 2. The van der Waals surface area contributed by atoms with Crippen LogP contribution in [-0.4, -0.2) is 35.0 Å². The summed E-state index contributed by atoms with van der Waals surface area (Å²) in [7, 11) is 0. The standard InChI is InChI=1S/C23H20F4N2O2/c1-14-5-7-17-19(3-2-4-20(17)29-14)28-13-22(30,23(25,26)27)12-15-9-10-31-21-8-6-16(24)11-18(15)21/h2-9,11,28,30H,10,12-13H2,1H3. The number of ether oxygens (including phenoxy) is 1. The summed E-state index contributed by atoms with van der Waals surface area (Å²) < 4.78 is 60.9. The average Bonchev–Trinajstić information content (AvgIpc) is 2.71. The van der Waals surface area contributed by atoms with Crippen LogP contribution in [0.5, 0.6) is 5.75 Å². The second-order valence-corrected chi connectivity index (χ2v) is 7.57. The summed E-state index contributed by atoms with van der Waals surface area (Å²) in [6, 6.07) is 12.3. The van der Waals surface area contributed by atoms with E-state index in [2.05, 4.69) is 10.3 Å². The number of alkyl halides is 3. The first kappa shape index (κ1) is 21.1. The van der Waals surface area contributed by atoms with Gasteiger partial charge in [-0.25, -0.2) is 4.39 Å². The Hall–Kier alpha value is -3.13. The summed E-state index contributed by atoms with van der Waals surface area (Å²) in [5.74, 6) is -0.311. The van der Waals surface area contributed by atoms with Gasteiger partial charge in [-0.15, -0.1) is 0 Å². The molecule has 31 heavy (non-hydrogen) atoms. The molecule has 4 nitrogen and oxygen atoms in total. The maximum atomic E-state index is 13.9. The van der Waals surface area contributed by atoms with Gasteiger partial charge in [-0.05, 0) is 61.0 Å². The quantitative estimate of drug-likeness (QED) is 0.541. The lowest BCUT2D eigenvalue weighted by molar-refractivity contribution is -0.252. The molecular formula is C23H20F4N2O2. The third kappa shape index (κ3) is 4.20. The van der Waals surface area contributed by atoms with Gasteiger partial charge in [-0.3, -0.25) is 4.98 Å². The van der Waals surface area contributed by atoms with Gasteiger partial charge in [-0.2, -0.15) is 13.2 Å². The molecule has 2 heterocycles. The van der Waals surface area contributed by atoms with Crippen molar-refractivity contribution in [2.24, 2.45) is 0 Å². The molecule has 0 saturated heterocycles. The van der Waals surface area contributed by atoms with Crippen molar-refractivity contribution >= 4 is 22.2 Å². The zero-order valence-electron chi connectivity index (χ0n) is 16.6. The monoisotopic (exact) mass is 432 g/mol. The van der Waals surface area contributed by atoms with E-state index in [4.69, 9.17) is 4.74 Å². The third-order valence-electron chi connectivity index (χ3n) is 5.31. The van der Waals surface area contributed by atoms with E-state index < -0.39 is 30.6 Å². The van der Waals surface area contributed by atoms with Crippen LogP contribution in [0, 0.1) is 12.7 Å². The molecule has 1 aromatic heterocycles. The maximum Gasteiger partial charge on any atom is 0.419 e. The molecule has 1 aliphatic rings. The lowest BCUT2D eigenvalue weighted by Gasteiger charge is -2.33. The van der Waals surface area contributed by atoms with Crippen molar-refractivity contribution in [3.63, 3.8) is 0 Å². The molecule has 1 aliphatic heterocycles. The number of pyridine rings is 1. The molecular weight excluding hydrogens is 412 g/mol. The van der Waals surface area contributed by atoms with Crippen molar-refractivity contribution in [2.75, 3.05) is 18.5 Å². The van der Waals surface area contributed by atoms with E-state index in [1.807, 2.05) is 6.92 Å². The summed E-state index contributed by atoms with van der Waals surface area (Å²) in [6.45, 7) is 1.08. The van der Waals surface area contributed by atoms with Gasteiger partial charge in [0.15, 0.2) is 5.60 Å². The number of hydrogen-bond donors (Lipinski definition) is 2. The van der Waals surface area contributed by atoms with Gasteiger partial charge >= 0.3 is 6.18 Å². The highest BCUT2D eigenvalue weighted by atomic mass is 19.4. The van der Waals surface area contributed by atoms with Crippen molar-refractivity contribution in [1.82, 2.24) is 4.98 Å². The maximum absolute atomic E-state index is 13.9. The largest absolute Gasteiger partial charge is 0.489 e. The summed E-state index contributed by atoms with van der Waals surface area (Å²) in [6.07, 6.45) is -4.24. The van der Waals surface area contributed by atoms with Crippen LogP contribution in [0.1, 0.15) is 17.7 Å². The molecule has 0 radical (unpaired) electrons. The molecule has 162 valence electrons. The van der Waals surface area contributed by atoms with Gasteiger partial charge in [0.2, 0.25) is 0 Å². The first-order valence-corrected chi connectivity index (χ1v) is 9.67. The number of nitrogens with one attached hydrogen (secondary N) is 1. The Morgan fingerprint density at radius 3 is 2.71 bits per heavy atom. The van der Waals surface area contributed by atoms with Crippen LogP contribution >= 0.6 is 0 Å². The molecule has 8 heteroatoms. The fraction of sp³-hybridized carbons (Fsp3) is 0.261. The Kier molecular flexibility index (Phi) is 5.35. The average molecular weight is 432 g/mol. The van der Waals surface area contributed by atoms with Crippen LogP contribution in [0.15, 0.2) is 54.6 Å². The van der Waals surface area contributed by atoms with E-state index in [1.54, 1.807) is 30.3 Å². The lowest BCUT2D eigenvalue weighted by Crippen LogP contribution is -2.50. The number of aryl methyl sites for hydroxylation is 1. The number of nitrogens with zero attached hydrogens (tertiary/aromatic N) is 1. The second-order valence-electron chi connectivity index (χ2n) is 7.57. The van der Waals surface area contributed by atoms with Gasteiger partial charge < -0.3 is 15.2 Å². The number of aliphatic hydroxyl groups is 1. The molecule has 4 rings (SSSR count). The van der Waals surface area contributed by atoms with E-state index in [0.717, 1.165) is 11.8 Å². The Morgan fingerprint density at radius 2 is 1.94 bits per heavy atom. The fourth-order valence-corrected chi connectivity index (χ4v) is 3.62. The Labute approximate surface area is 176 Å². The van der Waals surface area contributed by atoms with E-state index >= 15 is 0 Å². The number of halogens is 4. The van der Waals surface area contributed by atoms with Crippen LogP contribution in [0.2, 0.25) is 0 Å². The topological polar surface area (TPSA) is 54.4 Å². The molecule has 0 aliphatic carbocycles. The minimum absolute atomic E-state index is 0.0453. The highest BCUT2D eigenvalue weighted by Crippen LogP contribution is 2.41.